The molecule has 2 aliphatic heterocycles. The topological polar surface area (TPSA) is 102 Å². The molecule has 0 unspecified atom stereocenters. The summed E-state index contributed by atoms with van der Waals surface area (Å²) in [6.07, 6.45) is -1.10. The first kappa shape index (κ1) is 20.6. The van der Waals surface area contributed by atoms with Crippen LogP contribution in [0.25, 0.3) is 0 Å². The van der Waals surface area contributed by atoms with Crippen molar-refractivity contribution in [3.63, 3.8) is 0 Å². The highest BCUT2D eigenvalue weighted by Gasteiger charge is 2.52. The van der Waals surface area contributed by atoms with E-state index >= 15 is 0 Å². The first-order chi connectivity index (χ1) is 14.3. The van der Waals surface area contributed by atoms with Crippen molar-refractivity contribution in [3.05, 3.63) is 53.4 Å². The maximum absolute atomic E-state index is 14.8. The quantitative estimate of drug-likeness (QED) is 0.762. The van der Waals surface area contributed by atoms with E-state index < -0.39 is 29.4 Å². The number of hydrogen-bond donors (Lipinski definition) is 2. The fraction of sp³-hybridized carbons (Fsp3) is 0.368. The van der Waals surface area contributed by atoms with Crippen molar-refractivity contribution >= 4 is 28.5 Å². The molecule has 0 spiro atoms. The van der Waals surface area contributed by atoms with Crippen LogP contribution < -0.4 is 11.1 Å². The number of rotatable bonds is 4. The van der Waals surface area contributed by atoms with Gasteiger partial charge in [-0.1, -0.05) is 11.8 Å². The number of nitrogens with zero attached hydrogens (tertiary/aromatic N) is 3. The summed E-state index contributed by atoms with van der Waals surface area (Å²) >= 11 is 1.40. The van der Waals surface area contributed by atoms with E-state index in [4.69, 9.17) is 10.5 Å². The minimum absolute atomic E-state index is 0.0805. The Morgan fingerprint density at radius 1 is 1.37 bits per heavy atom. The SMILES string of the molecule is C[C@@H]1OC[C@@]2(c3cc(NC(=O)c4cnc(C(F)F)cn4)ccc3F)N=C(N)SC[C@H]12. The highest BCUT2D eigenvalue weighted by molar-refractivity contribution is 8.13. The molecule has 3 atom stereocenters. The molecule has 1 amide bonds. The summed E-state index contributed by atoms with van der Waals surface area (Å²) in [4.78, 5) is 24.2. The molecule has 3 heterocycles. The van der Waals surface area contributed by atoms with Gasteiger partial charge in [0.15, 0.2) is 5.17 Å². The second kappa shape index (κ2) is 7.88. The molecule has 30 heavy (non-hydrogen) atoms. The van der Waals surface area contributed by atoms with Crippen molar-refractivity contribution in [3.8, 4) is 0 Å². The Balaban J connectivity index is 1.64. The van der Waals surface area contributed by atoms with Crippen molar-refractivity contribution in [1.29, 1.82) is 0 Å². The van der Waals surface area contributed by atoms with Crippen LogP contribution in [0.4, 0.5) is 18.9 Å². The molecular formula is C19H18F3N5O2S. The number of aromatic nitrogens is 2. The maximum Gasteiger partial charge on any atom is 0.281 e. The molecular weight excluding hydrogens is 419 g/mol. The lowest BCUT2D eigenvalue weighted by Gasteiger charge is -2.35. The summed E-state index contributed by atoms with van der Waals surface area (Å²) in [5.41, 5.74) is 4.87. The van der Waals surface area contributed by atoms with Crippen LogP contribution in [-0.4, -0.2) is 39.5 Å². The van der Waals surface area contributed by atoms with E-state index in [-0.39, 0.29) is 29.9 Å². The predicted octanol–water partition coefficient (Wildman–Crippen LogP) is 3.10. The fourth-order valence-corrected chi connectivity index (χ4v) is 4.82. The van der Waals surface area contributed by atoms with E-state index in [2.05, 4.69) is 20.3 Å². The number of hydrogen-bond acceptors (Lipinski definition) is 7. The van der Waals surface area contributed by atoms with E-state index in [0.29, 0.717) is 16.6 Å². The third kappa shape index (κ3) is 3.63. The number of halogens is 3. The van der Waals surface area contributed by atoms with E-state index in [9.17, 15) is 18.0 Å². The Kier molecular flexibility index (Phi) is 5.41. The van der Waals surface area contributed by atoms with Crippen molar-refractivity contribution in [2.75, 3.05) is 17.7 Å². The molecule has 4 rings (SSSR count). The molecule has 0 bridgehead atoms. The number of aliphatic imine (C=N–C) groups is 1. The Hall–Kier alpha value is -2.66. The van der Waals surface area contributed by atoms with Gasteiger partial charge in [-0.3, -0.25) is 9.78 Å². The Morgan fingerprint density at radius 3 is 2.87 bits per heavy atom. The highest BCUT2D eigenvalue weighted by atomic mass is 32.2. The second-order valence-electron chi connectivity index (χ2n) is 7.08. The molecule has 0 aliphatic carbocycles. The van der Waals surface area contributed by atoms with Gasteiger partial charge in [0.1, 0.15) is 22.7 Å². The molecule has 2 aliphatic rings. The average molecular weight is 437 g/mol. The third-order valence-corrected chi connectivity index (χ3v) is 6.20. The normalized spacial score (nSPS) is 25.7. The van der Waals surface area contributed by atoms with Crippen molar-refractivity contribution in [2.24, 2.45) is 16.6 Å². The number of carbonyl (C=O) groups is 1. The number of amides is 1. The van der Waals surface area contributed by atoms with E-state index in [0.717, 1.165) is 12.4 Å². The lowest BCUT2D eigenvalue weighted by molar-refractivity contribution is 0.102. The van der Waals surface area contributed by atoms with Crippen LogP contribution >= 0.6 is 11.8 Å². The van der Waals surface area contributed by atoms with Crippen LogP contribution in [0.1, 0.15) is 35.1 Å². The van der Waals surface area contributed by atoms with Gasteiger partial charge < -0.3 is 15.8 Å². The van der Waals surface area contributed by atoms with Crippen molar-refractivity contribution in [2.45, 2.75) is 25.0 Å². The number of anilines is 1. The average Bonchev–Trinajstić information content (AvgIpc) is 3.06. The lowest BCUT2D eigenvalue weighted by Crippen LogP contribution is -2.41. The van der Waals surface area contributed by atoms with Gasteiger partial charge in [-0.15, -0.1) is 0 Å². The van der Waals surface area contributed by atoms with E-state index in [1.807, 2.05) is 6.92 Å². The second-order valence-corrected chi connectivity index (χ2v) is 8.12. The summed E-state index contributed by atoms with van der Waals surface area (Å²) < 4.78 is 45.8. The van der Waals surface area contributed by atoms with Crippen LogP contribution in [0.5, 0.6) is 0 Å². The van der Waals surface area contributed by atoms with Gasteiger partial charge in [0.05, 0.1) is 25.1 Å². The summed E-state index contributed by atoms with van der Waals surface area (Å²) in [7, 11) is 0. The number of nitrogens with two attached hydrogens (primary N) is 1. The standard InChI is InChI=1S/C19H18F3N5O2S/c1-9-12-7-30-18(23)27-19(12,8-29-9)11-4-10(2-3-13(11)20)26-17(28)15-6-24-14(5-25-15)16(21)22/h2-6,9,12,16H,7-8H2,1H3,(H2,23,27)(H,26,28)/t9-,12+,19-/m0/s1. The molecule has 7 nitrogen and oxygen atoms in total. The zero-order valence-electron chi connectivity index (χ0n) is 15.8. The number of thioether (sulfide) groups is 1. The first-order valence-corrected chi connectivity index (χ1v) is 10.1. The van der Waals surface area contributed by atoms with Crippen molar-refractivity contribution in [1.82, 2.24) is 9.97 Å². The zero-order chi connectivity index (χ0) is 21.5. The van der Waals surface area contributed by atoms with Crippen LogP contribution in [0.15, 0.2) is 35.6 Å². The van der Waals surface area contributed by atoms with Crippen LogP contribution in [-0.2, 0) is 10.3 Å². The Bertz CT molecular complexity index is 1000. The Morgan fingerprint density at radius 2 is 2.17 bits per heavy atom. The summed E-state index contributed by atoms with van der Waals surface area (Å²) in [6.45, 7) is 2.09. The molecule has 1 fully saturated rings. The van der Waals surface area contributed by atoms with Gasteiger partial charge in [0.25, 0.3) is 12.3 Å². The monoisotopic (exact) mass is 437 g/mol. The van der Waals surface area contributed by atoms with Gasteiger partial charge in [-0.25, -0.2) is 23.1 Å². The van der Waals surface area contributed by atoms with E-state index in [1.54, 1.807) is 0 Å². The third-order valence-electron chi connectivity index (χ3n) is 5.29. The number of amidine groups is 1. The molecule has 0 radical (unpaired) electrons. The van der Waals surface area contributed by atoms with E-state index in [1.165, 1.54) is 30.0 Å². The van der Waals surface area contributed by atoms with Crippen molar-refractivity contribution < 1.29 is 22.7 Å². The lowest BCUT2D eigenvalue weighted by atomic mass is 9.79. The largest absolute Gasteiger partial charge is 0.379 e. The van der Waals surface area contributed by atoms with Gasteiger partial charge >= 0.3 is 0 Å². The Labute approximate surface area is 174 Å². The summed E-state index contributed by atoms with van der Waals surface area (Å²) in [5.74, 6) is -0.588. The number of nitrogens with one attached hydrogen (secondary N) is 1. The molecule has 1 aromatic carbocycles. The number of fused-ring (bicyclic) bond motifs is 1. The minimum Gasteiger partial charge on any atom is -0.379 e. The summed E-state index contributed by atoms with van der Waals surface area (Å²) in [5, 5.41) is 2.95. The molecule has 1 aromatic heterocycles. The molecule has 3 N–H and O–H groups in total. The molecule has 158 valence electrons. The summed E-state index contributed by atoms with van der Waals surface area (Å²) in [6, 6.07) is 4.13. The van der Waals surface area contributed by atoms with Crippen LogP contribution in [0.2, 0.25) is 0 Å². The molecule has 11 heteroatoms. The number of carbonyl (C=O) groups excluding carboxylic acids is 1. The first-order valence-electron chi connectivity index (χ1n) is 9.11. The molecule has 1 saturated heterocycles. The number of benzene rings is 1. The van der Waals surface area contributed by atoms with Gasteiger partial charge in [0, 0.05) is 22.9 Å². The van der Waals surface area contributed by atoms with Crippen LogP contribution in [0, 0.1) is 11.7 Å². The highest BCUT2D eigenvalue weighted by Crippen LogP contribution is 2.48. The zero-order valence-corrected chi connectivity index (χ0v) is 16.6. The predicted molar refractivity (Wildman–Crippen MR) is 106 cm³/mol. The van der Waals surface area contributed by atoms with Crippen LogP contribution in [0.3, 0.4) is 0 Å². The molecule has 2 aromatic rings. The minimum atomic E-state index is -2.78. The fourth-order valence-electron chi connectivity index (χ4n) is 3.70. The number of ether oxygens (including phenoxy) is 1. The van der Waals surface area contributed by atoms with Gasteiger partial charge in [-0.05, 0) is 25.1 Å². The smallest absolute Gasteiger partial charge is 0.281 e. The maximum atomic E-state index is 14.8. The van der Waals surface area contributed by atoms with Gasteiger partial charge in [0.2, 0.25) is 0 Å². The molecule has 0 saturated carbocycles. The number of alkyl halides is 2. The van der Waals surface area contributed by atoms with Gasteiger partial charge in [-0.2, -0.15) is 0 Å².